The molecule has 222 valence electrons. The zero-order valence-electron chi connectivity index (χ0n) is 24.2. The predicted molar refractivity (Wildman–Crippen MR) is 154 cm³/mol. The number of nitrogens with two attached hydrogens (primary N) is 1. The average molecular weight is 567 g/mol. The summed E-state index contributed by atoms with van der Waals surface area (Å²) in [5, 5.41) is 5.69. The molecule has 5 N–H and O–H groups in total. The van der Waals surface area contributed by atoms with Gasteiger partial charge in [0.2, 0.25) is 17.7 Å². The standard InChI is InChI=1S/C30H42N6O5/c1-30(2,31)29(40)33-21(17-19-11-6-4-7-12-19)26(37)35-23-18-32-25(34-23)24(20-13-8-5-9-14-20)27(38)36-16-10-15-22(36)28(39)41-3/h5,8-9,13-14,18-19,21-22,24H,4,6-7,10-12,15-17,31H2,1-3H3,(H,32,34)(H,33,40)(H,35,37)/t21-,22+,24?/m1/s1. The summed E-state index contributed by atoms with van der Waals surface area (Å²) in [6.07, 6.45) is 8.66. The van der Waals surface area contributed by atoms with Gasteiger partial charge in [0.15, 0.2) is 0 Å². The number of aromatic amines is 1. The number of likely N-dealkylation sites (tertiary alicyclic amines) is 1. The summed E-state index contributed by atoms with van der Waals surface area (Å²) in [6, 6.07) is 7.77. The lowest BCUT2D eigenvalue weighted by atomic mass is 9.84. The van der Waals surface area contributed by atoms with Crippen LogP contribution >= 0.6 is 0 Å². The van der Waals surface area contributed by atoms with Crippen LogP contribution in [0.15, 0.2) is 36.5 Å². The second-order valence-electron chi connectivity index (χ2n) is 11.7. The van der Waals surface area contributed by atoms with E-state index < -0.39 is 35.4 Å². The number of benzene rings is 1. The molecular weight excluding hydrogens is 524 g/mol. The molecular formula is C30H42N6O5. The van der Waals surface area contributed by atoms with E-state index in [2.05, 4.69) is 20.6 Å². The van der Waals surface area contributed by atoms with Gasteiger partial charge in [0.25, 0.3) is 0 Å². The molecule has 2 aromatic rings. The average Bonchev–Trinajstić information content (AvgIpc) is 3.63. The van der Waals surface area contributed by atoms with Gasteiger partial charge in [0.1, 0.15) is 29.6 Å². The van der Waals surface area contributed by atoms with Gasteiger partial charge in [-0.15, -0.1) is 0 Å². The summed E-state index contributed by atoms with van der Waals surface area (Å²) in [7, 11) is 1.32. The van der Waals surface area contributed by atoms with Gasteiger partial charge in [-0.2, -0.15) is 0 Å². The van der Waals surface area contributed by atoms with Crippen molar-refractivity contribution in [3.63, 3.8) is 0 Å². The Balaban J connectivity index is 1.55. The molecule has 41 heavy (non-hydrogen) atoms. The summed E-state index contributed by atoms with van der Waals surface area (Å²) in [6.45, 7) is 3.64. The zero-order valence-corrected chi connectivity index (χ0v) is 24.2. The number of amides is 3. The van der Waals surface area contributed by atoms with Gasteiger partial charge in [0.05, 0.1) is 18.8 Å². The van der Waals surface area contributed by atoms with E-state index >= 15 is 0 Å². The number of nitrogens with zero attached hydrogens (tertiary/aromatic N) is 2. The van der Waals surface area contributed by atoms with Crippen molar-refractivity contribution in [2.45, 2.75) is 88.8 Å². The molecule has 1 aliphatic heterocycles. The molecule has 1 unspecified atom stereocenters. The number of methoxy groups -OCH3 is 1. The number of imidazole rings is 1. The van der Waals surface area contributed by atoms with E-state index in [1.165, 1.54) is 19.7 Å². The molecule has 3 atom stereocenters. The van der Waals surface area contributed by atoms with E-state index in [9.17, 15) is 19.2 Å². The lowest BCUT2D eigenvalue weighted by molar-refractivity contribution is -0.151. The SMILES string of the molecule is COC(=O)[C@@H]1CCCN1C(=O)C(c1ccccc1)c1ncc(NC(=O)[C@@H](CC2CCCCC2)NC(=O)C(C)(C)N)[nH]1. The Morgan fingerprint density at radius 1 is 1.10 bits per heavy atom. The third-order valence-corrected chi connectivity index (χ3v) is 8.02. The van der Waals surface area contributed by atoms with Crippen molar-refractivity contribution in [3.05, 3.63) is 47.9 Å². The molecule has 0 spiro atoms. The summed E-state index contributed by atoms with van der Waals surface area (Å²) in [5.74, 6) is -1.34. The number of carbonyl (C=O) groups is 4. The van der Waals surface area contributed by atoms with E-state index in [0.29, 0.717) is 48.9 Å². The molecule has 1 saturated heterocycles. The van der Waals surface area contributed by atoms with Gasteiger partial charge in [-0.05, 0) is 44.6 Å². The normalized spacial score (nSPS) is 19.3. The van der Waals surface area contributed by atoms with Gasteiger partial charge < -0.3 is 31.0 Å². The Hall–Kier alpha value is -3.73. The molecule has 2 fully saturated rings. The fourth-order valence-electron chi connectivity index (χ4n) is 5.74. The van der Waals surface area contributed by atoms with Crippen molar-refractivity contribution in [1.82, 2.24) is 20.2 Å². The highest BCUT2D eigenvalue weighted by molar-refractivity contribution is 5.98. The molecule has 3 amide bonds. The van der Waals surface area contributed by atoms with Crippen LogP contribution in [-0.4, -0.2) is 69.8 Å². The van der Waals surface area contributed by atoms with Crippen molar-refractivity contribution in [1.29, 1.82) is 0 Å². The third kappa shape index (κ3) is 7.52. The van der Waals surface area contributed by atoms with Crippen LogP contribution in [0.1, 0.15) is 82.5 Å². The minimum Gasteiger partial charge on any atom is -0.467 e. The molecule has 0 radical (unpaired) electrons. The van der Waals surface area contributed by atoms with Crippen molar-refractivity contribution in [2.75, 3.05) is 19.0 Å². The second-order valence-corrected chi connectivity index (χ2v) is 11.7. The smallest absolute Gasteiger partial charge is 0.328 e. The Labute approximate surface area is 241 Å². The largest absolute Gasteiger partial charge is 0.467 e. The van der Waals surface area contributed by atoms with Crippen LogP contribution in [-0.2, 0) is 23.9 Å². The minimum atomic E-state index is -1.13. The van der Waals surface area contributed by atoms with Gasteiger partial charge in [-0.3, -0.25) is 14.4 Å². The molecule has 2 aliphatic rings. The van der Waals surface area contributed by atoms with Crippen LogP contribution in [0.2, 0.25) is 0 Å². The Bertz CT molecular complexity index is 1220. The number of anilines is 1. The summed E-state index contributed by atoms with van der Waals surface area (Å²) in [5.41, 5.74) is 5.57. The van der Waals surface area contributed by atoms with Gasteiger partial charge in [-0.1, -0.05) is 62.4 Å². The van der Waals surface area contributed by atoms with Gasteiger partial charge in [-0.25, -0.2) is 9.78 Å². The maximum atomic E-state index is 13.9. The maximum absolute atomic E-state index is 13.9. The van der Waals surface area contributed by atoms with Crippen molar-refractivity contribution < 1.29 is 23.9 Å². The number of hydrogen-bond donors (Lipinski definition) is 4. The van der Waals surface area contributed by atoms with Crippen LogP contribution < -0.4 is 16.4 Å². The molecule has 0 bridgehead atoms. The summed E-state index contributed by atoms with van der Waals surface area (Å²) >= 11 is 0. The number of carbonyl (C=O) groups excluding carboxylic acids is 4. The molecule has 1 aromatic carbocycles. The molecule has 2 heterocycles. The number of rotatable bonds is 10. The Morgan fingerprint density at radius 2 is 1.80 bits per heavy atom. The molecule has 1 saturated carbocycles. The van der Waals surface area contributed by atoms with E-state index in [4.69, 9.17) is 10.5 Å². The monoisotopic (exact) mass is 566 g/mol. The van der Waals surface area contributed by atoms with Crippen LogP contribution in [0.5, 0.6) is 0 Å². The Morgan fingerprint density at radius 3 is 2.46 bits per heavy atom. The van der Waals surface area contributed by atoms with Gasteiger partial charge >= 0.3 is 5.97 Å². The highest BCUT2D eigenvalue weighted by Crippen LogP contribution is 2.31. The van der Waals surface area contributed by atoms with E-state index in [1.807, 2.05) is 30.3 Å². The summed E-state index contributed by atoms with van der Waals surface area (Å²) < 4.78 is 4.94. The van der Waals surface area contributed by atoms with Crippen molar-refractivity contribution in [2.24, 2.45) is 11.7 Å². The number of aromatic nitrogens is 2. The highest BCUT2D eigenvalue weighted by atomic mass is 16.5. The zero-order chi connectivity index (χ0) is 29.6. The molecule has 1 aliphatic carbocycles. The molecule has 11 nitrogen and oxygen atoms in total. The lowest BCUT2D eigenvalue weighted by Gasteiger charge is -2.28. The minimum absolute atomic E-state index is 0.274. The number of H-pyrrole nitrogens is 1. The van der Waals surface area contributed by atoms with Gasteiger partial charge in [0, 0.05) is 6.54 Å². The van der Waals surface area contributed by atoms with Crippen molar-refractivity contribution >= 4 is 29.5 Å². The van der Waals surface area contributed by atoms with Crippen LogP contribution in [0.25, 0.3) is 0 Å². The number of nitrogens with one attached hydrogen (secondary N) is 3. The predicted octanol–water partition coefficient (Wildman–Crippen LogP) is 2.84. The fourth-order valence-corrected chi connectivity index (χ4v) is 5.74. The van der Waals surface area contributed by atoms with E-state index in [1.54, 1.807) is 18.7 Å². The lowest BCUT2D eigenvalue weighted by Crippen LogP contribution is -2.55. The number of ether oxygens (including phenoxy) is 1. The quantitative estimate of drug-likeness (QED) is 0.322. The highest BCUT2D eigenvalue weighted by Gasteiger charge is 2.40. The fraction of sp³-hybridized carbons (Fsp3) is 0.567. The Kier molecular flexibility index (Phi) is 9.80. The molecule has 1 aromatic heterocycles. The van der Waals surface area contributed by atoms with Crippen LogP contribution in [0, 0.1) is 5.92 Å². The first kappa shape index (κ1) is 30.2. The van der Waals surface area contributed by atoms with Crippen LogP contribution in [0.3, 0.4) is 0 Å². The first-order chi connectivity index (χ1) is 19.6. The summed E-state index contributed by atoms with van der Waals surface area (Å²) in [4.78, 5) is 61.5. The molecule has 4 rings (SSSR count). The third-order valence-electron chi connectivity index (χ3n) is 8.02. The topological polar surface area (TPSA) is 160 Å². The number of esters is 1. The second kappa shape index (κ2) is 13.3. The first-order valence-electron chi connectivity index (χ1n) is 14.5. The van der Waals surface area contributed by atoms with E-state index in [0.717, 1.165) is 25.7 Å². The van der Waals surface area contributed by atoms with E-state index in [-0.39, 0.29) is 11.8 Å². The van der Waals surface area contributed by atoms with Crippen molar-refractivity contribution in [3.8, 4) is 0 Å². The molecule has 11 heteroatoms. The number of hydrogen-bond acceptors (Lipinski definition) is 7. The first-order valence-corrected chi connectivity index (χ1v) is 14.5. The van der Waals surface area contributed by atoms with Crippen LogP contribution in [0.4, 0.5) is 5.82 Å². The maximum Gasteiger partial charge on any atom is 0.328 e.